The molecule has 0 saturated heterocycles. The number of hydrogen-bond donors (Lipinski definition) is 0. The summed E-state index contributed by atoms with van der Waals surface area (Å²) in [6.07, 6.45) is 0.810. The van der Waals surface area contributed by atoms with Crippen LogP contribution >= 0.6 is 0 Å². The number of carbonyl (C=O) groups excluding carboxylic acids is 1. The van der Waals surface area contributed by atoms with Crippen LogP contribution in [0.5, 0.6) is 0 Å². The lowest BCUT2D eigenvalue weighted by Crippen LogP contribution is -2.07. The Balaban J connectivity index is 2.36. The first kappa shape index (κ1) is 11.4. The molecule has 1 aromatic heterocycles. The highest BCUT2D eigenvalue weighted by Gasteiger charge is 2.06. The highest BCUT2D eigenvalue weighted by atomic mass is 16.1. The van der Waals surface area contributed by atoms with E-state index in [1.165, 1.54) is 0 Å². The molecule has 0 aliphatic rings. The maximum atomic E-state index is 10.7. The molecule has 1 heterocycles. The number of aryl methyl sites for hydroxylation is 1. The molecule has 0 aliphatic heterocycles. The van der Waals surface area contributed by atoms with Gasteiger partial charge in [0.1, 0.15) is 5.69 Å². The van der Waals surface area contributed by atoms with Crippen molar-refractivity contribution in [1.29, 1.82) is 0 Å². The molecule has 2 aromatic rings. The molecule has 0 fully saturated rings. The van der Waals surface area contributed by atoms with Gasteiger partial charge < -0.3 is 4.90 Å². The van der Waals surface area contributed by atoms with Gasteiger partial charge in [-0.3, -0.25) is 9.48 Å². The molecule has 1 aromatic carbocycles. The minimum atomic E-state index is 0.580. The Bertz CT molecular complexity index is 526. The molecule has 0 spiro atoms. The topological polar surface area (TPSA) is 38.1 Å². The van der Waals surface area contributed by atoms with Gasteiger partial charge in [-0.25, -0.2) is 0 Å². The van der Waals surface area contributed by atoms with Crippen molar-refractivity contribution in [3.05, 3.63) is 36.0 Å². The Morgan fingerprint density at radius 2 is 1.88 bits per heavy atom. The third-order valence-electron chi connectivity index (χ3n) is 2.72. The van der Waals surface area contributed by atoms with Gasteiger partial charge in [-0.05, 0) is 18.2 Å². The van der Waals surface area contributed by atoms with E-state index < -0.39 is 0 Å². The fourth-order valence-electron chi connectivity index (χ4n) is 1.66. The van der Waals surface area contributed by atoms with Crippen molar-refractivity contribution in [2.24, 2.45) is 7.05 Å². The molecule has 2 rings (SSSR count). The second-order valence-electron chi connectivity index (χ2n) is 4.14. The standard InChI is InChI=1S/C13H15N3O/c1-15(2)11-6-4-10(5-7-11)13-8-12(9-17)16(3)14-13/h4-9H,1-3H3. The monoisotopic (exact) mass is 229 g/mol. The largest absolute Gasteiger partial charge is 0.378 e. The Morgan fingerprint density at radius 1 is 1.24 bits per heavy atom. The van der Waals surface area contributed by atoms with Crippen molar-refractivity contribution in [2.75, 3.05) is 19.0 Å². The lowest BCUT2D eigenvalue weighted by molar-refractivity contribution is 0.111. The van der Waals surface area contributed by atoms with Crippen molar-refractivity contribution >= 4 is 12.0 Å². The van der Waals surface area contributed by atoms with Crippen LogP contribution in [0.4, 0.5) is 5.69 Å². The average Bonchev–Trinajstić information content (AvgIpc) is 2.70. The van der Waals surface area contributed by atoms with E-state index in [1.807, 2.05) is 43.3 Å². The summed E-state index contributed by atoms with van der Waals surface area (Å²) in [6.45, 7) is 0. The number of carbonyl (C=O) groups is 1. The second-order valence-corrected chi connectivity index (χ2v) is 4.14. The number of aldehydes is 1. The number of rotatable bonds is 3. The molecule has 17 heavy (non-hydrogen) atoms. The zero-order valence-electron chi connectivity index (χ0n) is 10.2. The third kappa shape index (κ3) is 2.20. The SMILES string of the molecule is CN(C)c1ccc(-c2cc(C=O)n(C)n2)cc1. The van der Waals surface area contributed by atoms with Crippen molar-refractivity contribution < 1.29 is 4.79 Å². The molecule has 4 heteroatoms. The van der Waals surface area contributed by atoms with E-state index in [4.69, 9.17) is 0 Å². The molecule has 0 N–H and O–H groups in total. The van der Waals surface area contributed by atoms with Gasteiger partial charge >= 0.3 is 0 Å². The first-order valence-corrected chi connectivity index (χ1v) is 5.39. The van der Waals surface area contributed by atoms with E-state index in [0.29, 0.717) is 5.69 Å². The van der Waals surface area contributed by atoms with Crippen LogP contribution in [0.2, 0.25) is 0 Å². The number of anilines is 1. The summed E-state index contributed by atoms with van der Waals surface area (Å²) in [4.78, 5) is 12.8. The number of nitrogens with zero attached hydrogens (tertiary/aromatic N) is 3. The van der Waals surface area contributed by atoms with E-state index in [2.05, 4.69) is 5.10 Å². The molecule has 0 aliphatic carbocycles. The van der Waals surface area contributed by atoms with Crippen molar-refractivity contribution in [1.82, 2.24) is 9.78 Å². The number of benzene rings is 1. The zero-order chi connectivity index (χ0) is 12.4. The predicted octanol–water partition coefficient (Wildman–Crippen LogP) is 1.97. The maximum absolute atomic E-state index is 10.7. The summed E-state index contributed by atoms with van der Waals surface area (Å²) in [5.74, 6) is 0. The summed E-state index contributed by atoms with van der Waals surface area (Å²) in [5, 5.41) is 4.30. The fourth-order valence-corrected chi connectivity index (χ4v) is 1.66. The van der Waals surface area contributed by atoms with Crippen LogP contribution < -0.4 is 4.90 Å². The normalized spacial score (nSPS) is 10.3. The van der Waals surface area contributed by atoms with Crippen LogP contribution in [-0.2, 0) is 7.05 Å². The molecule has 0 atom stereocenters. The van der Waals surface area contributed by atoms with Crippen molar-refractivity contribution in [3.8, 4) is 11.3 Å². The Morgan fingerprint density at radius 3 is 2.35 bits per heavy atom. The van der Waals surface area contributed by atoms with Gasteiger partial charge in [0.15, 0.2) is 6.29 Å². The van der Waals surface area contributed by atoms with E-state index in [9.17, 15) is 4.79 Å². The lowest BCUT2D eigenvalue weighted by atomic mass is 10.1. The summed E-state index contributed by atoms with van der Waals surface area (Å²) in [5.41, 5.74) is 3.55. The first-order valence-electron chi connectivity index (χ1n) is 5.39. The minimum absolute atomic E-state index is 0.580. The first-order chi connectivity index (χ1) is 8.11. The van der Waals surface area contributed by atoms with Crippen LogP contribution in [0.1, 0.15) is 10.5 Å². The second kappa shape index (κ2) is 4.41. The summed E-state index contributed by atoms with van der Waals surface area (Å²) >= 11 is 0. The molecule has 0 radical (unpaired) electrons. The smallest absolute Gasteiger partial charge is 0.168 e. The molecule has 88 valence electrons. The maximum Gasteiger partial charge on any atom is 0.168 e. The van der Waals surface area contributed by atoms with Crippen LogP contribution in [-0.4, -0.2) is 30.2 Å². The third-order valence-corrected chi connectivity index (χ3v) is 2.72. The molecular weight excluding hydrogens is 214 g/mol. The summed E-state index contributed by atoms with van der Waals surface area (Å²) < 4.78 is 1.59. The Labute approximate surface area is 100 Å². The quantitative estimate of drug-likeness (QED) is 0.755. The van der Waals surface area contributed by atoms with Crippen LogP contribution in [0.15, 0.2) is 30.3 Å². The molecule has 0 saturated carbocycles. The highest BCUT2D eigenvalue weighted by molar-refractivity contribution is 5.76. The van der Waals surface area contributed by atoms with E-state index in [0.717, 1.165) is 23.2 Å². The minimum Gasteiger partial charge on any atom is -0.378 e. The van der Waals surface area contributed by atoms with Gasteiger partial charge in [0.25, 0.3) is 0 Å². The van der Waals surface area contributed by atoms with Crippen LogP contribution in [0, 0.1) is 0 Å². The fraction of sp³-hybridized carbons (Fsp3) is 0.231. The molecule has 0 unspecified atom stereocenters. The van der Waals surface area contributed by atoms with Gasteiger partial charge in [-0.15, -0.1) is 0 Å². The van der Waals surface area contributed by atoms with Crippen LogP contribution in [0.3, 0.4) is 0 Å². The molecule has 4 nitrogen and oxygen atoms in total. The molecule has 0 amide bonds. The van der Waals surface area contributed by atoms with Crippen molar-refractivity contribution in [2.45, 2.75) is 0 Å². The van der Waals surface area contributed by atoms with Gasteiger partial charge in [0.05, 0.1) is 5.69 Å². The number of hydrogen-bond acceptors (Lipinski definition) is 3. The Kier molecular flexibility index (Phi) is 2.95. The molecule has 0 bridgehead atoms. The van der Waals surface area contributed by atoms with E-state index in [-0.39, 0.29) is 0 Å². The average molecular weight is 229 g/mol. The summed E-state index contributed by atoms with van der Waals surface area (Å²) in [6, 6.07) is 9.87. The zero-order valence-corrected chi connectivity index (χ0v) is 10.2. The van der Waals surface area contributed by atoms with Gasteiger partial charge in [-0.1, -0.05) is 12.1 Å². The summed E-state index contributed by atoms with van der Waals surface area (Å²) in [7, 11) is 5.77. The van der Waals surface area contributed by atoms with Gasteiger partial charge in [0.2, 0.25) is 0 Å². The van der Waals surface area contributed by atoms with E-state index in [1.54, 1.807) is 17.8 Å². The van der Waals surface area contributed by atoms with Crippen LogP contribution in [0.25, 0.3) is 11.3 Å². The highest BCUT2D eigenvalue weighted by Crippen LogP contribution is 2.21. The van der Waals surface area contributed by atoms with Crippen molar-refractivity contribution in [3.63, 3.8) is 0 Å². The Hall–Kier alpha value is -2.10. The van der Waals surface area contributed by atoms with E-state index >= 15 is 0 Å². The van der Waals surface area contributed by atoms with Gasteiger partial charge in [0, 0.05) is 32.4 Å². The molecular formula is C13H15N3O. The number of aromatic nitrogens is 2. The predicted molar refractivity (Wildman–Crippen MR) is 68.4 cm³/mol. The van der Waals surface area contributed by atoms with Gasteiger partial charge in [-0.2, -0.15) is 5.10 Å². The lowest BCUT2D eigenvalue weighted by Gasteiger charge is -2.12.